The minimum atomic E-state index is -0.562. The Balaban J connectivity index is 1.35. The Morgan fingerprint density at radius 2 is 1.77 bits per heavy atom. The van der Waals surface area contributed by atoms with Gasteiger partial charge in [0, 0.05) is 30.1 Å². The molecule has 0 aliphatic carbocycles. The number of aromatic nitrogens is 2. The Hall–Kier alpha value is -4.60. The highest BCUT2D eigenvalue weighted by Crippen LogP contribution is 2.48. The third-order valence-electron chi connectivity index (χ3n) is 7.32. The van der Waals surface area contributed by atoms with Gasteiger partial charge in [0.25, 0.3) is 5.91 Å². The number of carbonyl (C=O) groups excluding carboxylic acids is 2. The molecule has 1 fully saturated rings. The number of fused-ring (bicyclic) bond motifs is 4. The van der Waals surface area contributed by atoms with Gasteiger partial charge in [-0.25, -0.2) is 9.78 Å². The fourth-order valence-corrected chi connectivity index (χ4v) is 5.52. The standard InChI is InChI=1S/C30H32N6O4/c1-15-14-39-25-23(15)21(11-22-24(25)26(31)35-28(32)34-22)19-9-10-20(18-8-6-5-7-17(18)19)27(37)33-16-12-36(13-16)29(38)40-30(2,3)4/h5-11,15-16H,12-14H2,1-4H3,(H,33,37)(H4,31,32,34,35). The molecule has 10 nitrogen and oxygen atoms in total. The van der Waals surface area contributed by atoms with Crippen molar-refractivity contribution in [2.75, 3.05) is 31.2 Å². The van der Waals surface area contributed by atoms with Gasteiger partial charge in [-0.2, -0.15) is 4.98 Å². The van der Waals surface area contributed by atoms with E-state index in [4.69, 9.17) is 20.9 Å². The summed E-state index contributed by atoms with van der Waals surface area (Å²) in [4.78, 5) is 35.8. The first-order valence-electron chi connectivity index (χ1n) is 13.3. The summed E-state index contributed by atoms with van der Waals surface area (Å²) >= 11 is 0. The maximum absolute atomic E-state index is 13.4. The molecule has 2 aliphatic heterocycles. The van der Waals surface area contributed by atoms with Crippen LogP contribution >= 0.6 is 0 Å². The molecular weight excluding hydrogens is 508 g/mol. The second-order valence-electron chi connectivity index (χ2n) is 11.5. The zero-order valence-electron chi connectivity index (χ0n) is 22.9. The number of benzene rings is 3. The van der Waals surface area contributed by atoms with E-state index in [0.717, 1.165) is 27.5 Å². The van der Waals surface area contributed by atoms with E-state index in [0.29, 0.717) is 41.9 Å². The number of amides is 2. The number of hydrogen-bond acceptors (Lipinski definition) is 8. The molecule has 1 atom stereocenters. The van der Waals surface area contributed by atoms with Crippen LogP contribution in [-0.2, 0) is 4.74 Å². The minimum Gasteiger partial charge on any atom is -0.492 e. The molecular formula is C30H32N6O4. The van der Waals surface area contributed by atoms with Crippen molar-refractivity contribution in [1.82, 2.24) is 20.2 Å². The number of nitrogens with one attached hydrogen (secondary N) is 1. The lowest BCUT2D eigenvalue weighted by Crippen LogP contribution is -2.61. The molecule has 1 aromatic heterocycles. The van der Waals surface area contributed by atoms with Gasteiger partial charge in [0.1, 0.15) is 17.2 Å². The Bertz CT molecular complexity index is 1690. The molecule has 3 heterocycles. The average molecular weight is 541 g/mol. The van der Waals surface area contributed by atoms with E-state index < -0.39 is 5.60 Å². The van der Waals surface area contributed by atoms with Crippen molar-refractivity contribution < 1.29 is 19.1 Å². The van der Waals surface area contributed by atoms with Crippen molar-refractivity contribution in [1.29, 1.82) is 0 Å². The minimum absolute atomic E-state index is 0.0973. The third-order valence-corrected chi connectivity index (χ3v) is 7.32. The van der Waals surface area contributed by atoms with Crippen molar-refractivity contribution in [3.63, 3.8) is 0 Å². The van der Waals surface area contributed by atoms with Crippen LogP contribution in [0.5, 0.6) is 5.75 Å². The number of nitrogen functional groups attached to an aromatic ring is 2. The molecule has 1 unspecified atom stereocenters. The van der Waals surface area contributed by atoms with Gasteiger partial charge >= 0.3 is 6.09 Å². The summed E-state index contributed by atoms with van der Waals surface area (Å²) < 4.78 is 11.5. The van der Waals surface area contributed by atoms with Crippen LogP contribution in [0, 0.1) is 0 Å². The van der Waals surface area contributed by atoms with Crippen LogP contribution in [0.1, 0.15) is 49.5 Å². The zero-order valence-corrected chi connectivity index (χ0v) is 22.9. The first-order valence-corrected chi connectivity index (χ1v) is 13.3. The van der Waals surface area contributed by atoms with Crippen molar-refractivity contribution >= 4 is 45.4 Å². The maximum atomic E-state index is 13.4. The van der Waals surface area contributed by atoms with E-state index >= 15 is 0 Å². The molecule has 10 heteroatoms. The second-order valence-corrected chi connectivity index (χ2v) is 11.5. The van der Waals surface area contributed by atoms with Gasteiger partial charge in [0.2, 0.25) is 5.95 Å². The number of nitrogens with zero attached hydrogens (tertiary/aromatic N) is 3. The SMILES string of the molecule is CC1COc2c1c(-c1ccc(C(=O)NC3CN(C(=O)OC(C)(C)C)C3)c3ccccc13)cc1nc(N)nc(N)c21. The highest BCUT2D eigenvalue weighted by Gasteiger charge is 2.35. The predicted molar refractivity (Wildman–Crippen MR) is 154 cm³/mol. The second kappa shape index (κ2) is 9.25. The Morgan fingerprint density at radius 3 is 2.50 bits per heavy atom. The fourth-order valence-electron chi connectivity index (χ4n) is 5.52. The smallest absolute Gasteiger partial charge is 0.410 e. The summed E-state index contributed by atoms with van der Waals surface area (Å²) in [6, 6.07) is 13.5. The lowest BCUT2D eigenvalue weighted by atomic mass is 9.87. The van der Waals surface area contributed by atoms with E-state index in [1.165, 1.54) is 0 Å². The number of ether oxygens (including phenoxy) is 2. The zero-order chi connectivity index (χ0) is 28.3. The van der Waals surface area contributed by atoms with E-state index in [2.05, 4.69) is 22.2 Å². The largest absolute Gasteiger partial charge is 0.492 e. The van der Waals surface area contributed by atoms with Gasteiger partial charge in [-0.1, -0.05) is 37.3 Å². The Labute approximate surface area is 231 Å². The van der Waals surface area contributed by atoms with Crippen molar-refractivity contribution in [3.8, 4) is 16.9 Å². The summed E-state index contributed by atoms with van der Waals surface area (Å²) in [5, 5.41) is 5.48. The highest BCUT2D eigenvalue weighted by molar-refractivity contribution is 6.12. The normalized spacial score (nSPS) is 16.9. The number of rotatable bonds is 3. The molecule has 0 radical (unpaired) electrons. The van der Waals surface area contributed by atoms with Gasteiger partial charge in [-0.3, -0.25) is 4.79 Å². The number of likely N-dealkylation sites (tertiary alicyclic amines) is 1. The number of hydrogen-bond donors (Lipinski definition) is 3. The molecule has 2 amide bonds. The molecule has 3 aromatic carbocycles. The molecule has 4 aromatic rings. The molecule has 2 aliphatic rings. The Kier molecular flexibility index (Phi) is 5.94. The van der Waals surface area contributed by atoms with Gasteiger partial charge in [-0.15, -0.1) is 0 Å². The van der Waals surface area contributed by atoms with E-state index in [1.807, 2.05) is 63.2 Å². The maximum Gasteiger partial charge on any atom is 0.410 e. The van der Waals surface area contributed by atoms with Gasteiger partial charge in [0.15, 0.2) is 0 Å². The molecule has 206 valence electrons. The monoisotopic (exact) mass is 540 g/mol. The Morgan fingerprint density at radius 1 is 1.05 bits per heavy atom. The lowest BCUT2D eigenvalue weighted by Gasteiger charge is -2.40. The summed E-state index contributed by atoms with van der Waals surface area (Å²) in [6.45, 7) is 8.94. The van der Waals surface area contributed by atoms with Crippen LogP contribution < -0.4 is 21.5 Å². The first-order chi connectivity index (χ1) is 19.0. The number of carbonyl (C=O) groups is 2. The first kappa shape index (κ1) is 25.7. The van der Waals surface area contributed by atoms with Crippen LogP contribution in [0.3, 0.4) is 0 Å². The quantitative estimate of drug-likeness (QED) is 0.345. The molecule has 40 heavy (non-hydrogen) atoms. The summed E-state index contributed by atoms with van der Waals surface area (Å²) in [7, 11) is 0. The van der Waals surface area contributed by atoms with Crippen LogP contribution in [0.4, 0.5) is 16.6 Å². The van der Waals surface area contributed by atoms with E-state index in [1.54, 1.807) is 4.90 Å². The average Bonchev–Trinajstić information content (AvgIpc) is 3.24. The van der Waals surface area contributed by atoms with Crippen LogP contribution in [0.2, 0.25) is 0 Å². The predicted octanol–water partition coefficient (Wildman–Crippen LogP) is 4.46. The van der Waals surface area contributed by atoms with Gasteiger partial charge in [-0.05, 0) is 54.8 Å². The van der Waals surface area contributed by atoms with Crippen LogP contribution in [0.15, 0.2) is 42.5 Å². The molecule has 0 spiro atoms. The number of nitrogens with two attached hydrogens (primary N) is 2. The lowest BCUT2D eigenvalue weighted by molar-refractivity contribution is 0.00533. The van der Waals surface area contributed by atoms with Crippen LogP contribution in [-0.4, -0.2) is 58.2 Å². The highest BCUT2D eigenvalue weighted by atomic mass is 16.6. The fraction of sp³-hybridized carbons (Fsp3) is 0.333. The van der Waals surface area contributed by atoms with E-state index in [-0.39, 0.29) is 35.7 Å². The summed E-state index contributed by atoms with van der Waals surface area (Å²) in [6.07, 6.45) is -0.372. The van der Waals surface area contributed by atoms with Crippen molar-refractivity contribution in [2.45, 2.75) is 45.3 Å². The number of anilines is 2. The molecule has 1 saturated heterocycles. The molecule has 6 rings (SSSR count). The summed E-state index contributed by atoms with van der Waals surface area (Å²) in [5.74, 6) is 1.01. The molecule has 0 saturated carbocycles. The van der Waals surface area contributed by atoms with Crippen LogP contribution in [0.25, 0.3) is 32.8 Å². The molecule has 5 N–H and O–H groups in total. The van der Waals surface area contributed by atoms with E-state index in [9.17, 15) is 9.59 Å². The van der Waals surface area contributed by atoms with Crippen molar-refractivity contribution in [3.05, 3.63) is 53.6 Å². The van der Waals surface area contributed by atoms with Gasteiger partial charge in [0.05, 0.1) is 23.6 Å². The van der Waals surface area contributed by atoms with Crippen molar-refractivity contribution in [2.24, 2.45) is 0 Å². The molecule has 0 bridgehead atoms. The van der Waals surface area contributed by atoms with Gasteiger partial charge < -0.3 is 31.2 Å². The topological polar surface area (TPSA) is 146 Å². The summed E-state index contributed by atoms with van der Waals surface area (Å²) in [5.41, 5.74) is 15.7. The third kappa shape index (κ3) is 4.39.